The average Bonchev–Trinajstić information content (AvgIpc) is 2.48. The SMILES string of the molecule is O=C(Nc1cc(O)cc(O)c1)NC1CCCCCCCCCCC1. The Morgan fingerprint density at radius 2 is 1.25 bits per heavy atom. The summed E-state index contributed by atoms with van der Waals surface area (Å²) in [6, 6.07) is 3.98. The Balaban J connectivity index is 1.84. The van der Waals surface area contributed by atoms with E-state index in [2.05, 4.69) is 10.6 Å². The first-order valence-corrected chi connectivity index (χ1v) is 9.24. The van der Waals surface area contributed by atoms with E-state index in [4.69, 9.17) is 0 Å². The summed E-state index contributed by atoms with van der Waals surface area (Å²) in [5.41, 5.74) is 0.387. The zero-order valence-corrected chi connectivity index (χ0v) is 14.4. The number of amides is 2. The van der Waals surface area contributed by atoms with Gasteiger partial charge in [0.15, 0.2) is 0 Å². The molecule has 0 aromatic heterocycles. The molecule has 5 heteroatoms. The van der Waals surface area contributed by atoms with Crippen molar-refractivity contribution in [2.75, 3.05) is 5.32 Å². The van der Waals surface area contributed by atoms with Gasteiger partial charge >= 0.3 is 6.03 Å². The van der Waals surface area contributed by atoms with Crippen LogP contribution >= 0.6 is 0 Å². The second-order valence-electron chi connectivity index (χ2n) is 6.79. The van der Waals surface area contributed by atoms with Crippen molar-refractivity contribution in [3.05, 3.63) is 18.2 Å². The van der Waals surface area contributed by atoms with Gasteiger partial charge in [0, 0.05) is 29.9 Å². The van der Waals surface area contributed by atoms with Crippen LogP contribution < -0.4 is 10.6 Å². The Kier molecular flexibility index (Phi) is 7.72. The average molecular weight is 334 g/mol. The minimum Gasteiger partial charge on any atom is -0.508 e. The van der Waals surface area contributed by atoms with Crippen LogP contribution in [0, 0.1) is 0 Å². The van der Waals surface area contributed by atoms with Crippen molar-refractivity contribution in [2.45, 2.75) is 76.7 Å². The summed E-state index contributed by atoms with van der Waals surface area (Å²) in [4.78, 5) is 12.2. The van der Waals surface area contributed by atoms with E-state index in [1.54, 1.807) is 0 Å². The molecule has 24 heavy (non-hydrogen) atoms. The fourth-order valence-corrected chi connectivity index (χ4v) is 3.33. The van der Waals surface area contributed by atoms with E-state index < -0.39 is 0 Å². The summed E-state index contributed by atoms with van der Waals surface area (Å²) >= 11 is 0. The number of phenolic OH excluding ortho intramolecular Hbond substituents is 2. The van der Waals surface area contributed by atoms with Gasteiger partial charge in [-0.3, -0.25) is 0 Å². The first kappa shape index (κ1) is 18.4. The van der Waals surface area contributed by atoms with E-state index in [1.165, 1.54) is 63.1 Å². The Bertz CT molecular complexity index is 487. The van der Waals surface area contributed by atoms with Gasteiger partial charge in [-0.2, -0.15) is 0 Å². The lowest BCUT2D eigenvalue weighted by atomic mass is 9.98. The summed E-state index contributed by atoms with van der Waals surface area (Å²) in [7, 11) is 0. The molecule has 0 atom stereocenters. The summed E-state index contributed by atoms with van der Waals surface area (Å²) in [6.45, 7) is 0. The molecule has 134 valence electrons. The number of benzene rings is 1. The highest BCUT2D eigenvalue weighted by atomic mass is 16.3. The molecule has 4 N–H and O–H groups in total. The molecule has 0 spiro atoms. The molecule has 1 saturated carbocycles. The normalized spacial score (nSPS) is 18.2. The summed E-state index contributed by atoms with van der Waals surface area (Å²) in [5.74, 6) is -0.146. The fraction of sp³-hybridized carbons (Fsp3) is 0.632. The molecule has 0 heterocycles. The van der Waals surface area contributed by atoms with Gasteiger partial charge in [-0.1, -0.05) is 57.8 Å². The highest BCUT2D eigenvalue weighted by Gasteiger charge is 2.13. The lowest BCUT2D eigenvalue weighted by Gasteiger charge is -2.20. The molecule has 0 unspecified atom stereocenters. The van der Waals surface area contributed by atoms with Crippen molar-refractivity contribution in [3.8, 4) is 11.5 Å². The Labute approximate surface area is 144 Å². The predicted molar refractivity (Wildman–Crippen MR) is 96.5 cm³/mol. The number of carbonyl (C=O) groups excluding carboxylic acids is 1. The first-order valence-electron chi connectivity index (χ1n) is 9.24. The number of carbonyl (C=O) groups is 1. The van der Waals surface area contributed by atoms with Gasteiger partial charge in [0.05, 0.1) is 0 Å². The van der Waals surface area contributed by atoms with Crippen LogP contribution in [-0.4, -0.2) is 22.3 Å². The van der Waals surface area contributed by atoms with Crippen molar-refractivity contribution in [1.29, 1.82) is 0 Å². The minimum atomic E-state index is -0.280. The Hall–Kier alpha value is -1.91. The zero-order chi connectivity index (χ0) is 17.2. The van der Waals surface area contributed by atoms with Crippen molar-refractivity contribution < 1.29 is 15.0 Å². The van der Waals surface area contributed by atoms with Gasteiger partial charge in [-0.25, -0.2) is 4.79 Å². The predicted octanol–water partition coefficient (Wildman–Crippen LogP) is 4.89. The van der Waals surface area contributed by atoms with Crippen LogP contribution in [0.3, 0.4) is 0 Å². The first-order chi connectivity index (χ1) is 11.6. The zero-order valence-electron chi connectivity index (χ0n) is 14.4. The lowest BCUT2D eigenvalue weighted by Crippen LogP contribution is -2.38. The maximum absolute atomic E-state index is 12.2. The number of hydrogen-bond donors (Lipinski definition) is 4. The third kappa shape index (κ3) is 7.11. The van der Waals surface area contributed by atoms with Crippen LogP contribution in [-0.2, 0) is 0 Å². The van der Waals surface area contributed by atoms with Crippen LogP contribution in [0.5, 0.6) is 11.5 Å². The van der Waals surface area contributed by atoms with Crippen LogP contribution in [0.15, 0.2) is 18.2 Å². The van der Waals surface area contributed by atoms with E-state index in [0.29, 0.717) is 5.69 Å². The lowest BCUT2D eigenvalue weighted by molar-refractivity contribution is 0.246. The quantitative estimate of drug-likeness (QED) is 0.621. The van der Waals surface area contributed by atoms with Crippen LogP contribution in [0.2, 0.25) is 0 Å². The smallest absolute Gasteiger partial charge is 0.319 e. The minimum absolute atomic E-state index is 0.0729. The second-order valence-corrected chi connectivity index (χ2v) is 6.79. The van der Waals surface area contributed by atoms with Gasteiger partial charge in [0.25, 0.3) is 0 Å². The number of phenols is 2. The van der Waals surface area contributed by atoms with Crippen LogP contribution in [0.1, 0.15) is 70.6 Å². The number of rotatable bonds is 2. The highest BCUT2D eigenvalue weighted by molar-refractivity contribution is 5.89. The van der Waals surface area contributed by atoms with Gasteiger partial charge in [0.1, 0.15) is 11.5 Å². The van der Waals surface area contributed by atoms with E-state index in [9.17, 15) is 15.0 Å². The van der Waals surface area contributed by atoms with Crippen molar-refractivity contribution in [2.24, 2.45) is 0 Å². The molecule has 1 aromatic rings. The maximum Gasteiger partial charge on any atom is 0.319 e. The fourth-order valence-electron chi connectivity index (χ4n) is 3.33. The third-order valence-electron chi connectivity index (χ3n) is 4.60. The monoisotopic (exact) mass is 334 g/mol. The molecule has 1 aromatic carbocycles. The van der Waals surface area contributed by atoms with E-state index >= 15 is 0 Å². The molecular weight excluding hydrogens is 304 g/mol. The van der Waals surface area contributed by atoms with Gasteiger partial charge in [-0.05, 0) is 12.8 Å². The van der Waals surface area contributed by atoms with Gasteiger partial charge < -0.3 is 20.8 Å². The van der Waals surface area contributed by atoms with Crippen molar-refractivity contribution in [1.82, 2.24) is 5.32 Å². The van der Waals surface area contributed by atoms with Gasteiger partial charge in [-0.15, -0.1) is 0 Å². The molecule has 1 fully saturated rings. The van der Waals surface area contributed by atoms with Crippen LogP contribution in [0.4, 0.5) is 10.5 Å². The molecule has 5 nitrogen and oxygen atoms in total. The molecule has 0 radical (unpaired) electrons. The molecular formula is C19H30N2O3. The van der Waals surface area contributed by atoms with E-state index in [-0.39, 0.29) is 23.6 Å². The molecule has 1 aliphatic rings. The van der Waals surface area contributed by atoms with Crippen LogP contribution in [0.25, 0.3) is 0 Å². The maximum atomic E-state index is 12.2. The van der Waals surface area contributed by atoms with E-state index in [0.717, 1.165) is 25.7 Å². The largest absolute Gasteiger partial charge is 0.508 e. The number of anilines is 1. The number of urea groups is 1. The molecule has 0 saturated heterocycles. The number of nitrogens with one attached hydrogen (secondary N) is 2. The van der Waals surface area contributed by atoms with E-state index in [1.807, 2.05) is 0 Å². The topological polar surface area (TPSA) is 81.6 Å². The second kappa shape index (κ2) is 10.1. The molecule has 1 aliphatic carbocycles. The standard InChI is InChI=1S/C19H30N2O3/c22-17-12-16(13-18(23)14-17)21-19(24)20-15-10-8-6-4-2-1-3-5-7-9-11-15/h12-15,22-23H,1-11H2,(H2,20,21,24). The molecule has 2 amide bonds. The number of hydrogen-bond acceptors (Lipinski definition) is 3. The Morgan fingerprint density at radius 3 is 1.75 bits per heavy atom. The number of aromatic hydroxyl groups is 2. The summed E-state index contributed by atoms with van der Waals surface area (Å²) in [5, 5.41) is 24.7. The third-order valence-corrected chi connectivity index (χ3v) is 4.60. The Morgan fingerprint density at radius 1 is 0.792 bits per heavy atom. The molecule has 2 rings (SSSR count). The van der Waals surface area contributed by atoms with Gasteiger partial charge in [0.2, 0.25) is 0 Å². The van der Waals surface area contributed by atoms with Crippen molar-refractivity contribution >= 4 is 11.7 Å². The summed E-state index contributed by atoms with van der Waals surface area (Å²) < 4.78 is 0. The van der Waals surface area contributed by atoms with Crippen molar-refractivity contribution in [3.63, 3.8) is 0 Å². The summed E-state index contributed by atoms with van der Waals surface area (Å²) in [6.07, 6.45) is 13.4. The molecule has 0 aliphatic heterocycles. The highest BCUT2D eigenvalue weighted by Crippen LogP contribution is 2.24. The molecule has 0 bridgehead atoms.